The molecule has 1 rings (SSSR count). The first-order valence-electron chi connectivity index (χ1n) is 5.30. The second-order valence-corrected chi connectivity index (χ2v) is 3.48. The lowest BCUT2D eigenvalue weighted by Crippen LogP contribution is -2.33. The van der Waals surface area contributed by atoms with Gasteiger partial charge in [0.25, 0.3) is 0 Å². The Hall–Kier alpha value is -1.26. The quantitative estimate of drug-likeness (QED) is 0.800. The number of carbonyl (C=O) groups is 1. The van der Waals surface area contributed by atoms with Crippen LogP contribution in [-0.2, 0) is 11.2 Å². The van der Waals surface area contributed by atoms with Gasteiger partial charge in [-0.3, -0.25) is 4.79 Å². The highest BCUT2D eigenvalue weighted by atomic mass is 35.5. The fraction of sp³-hybridized carbons (Fsp3) is 0.417. The van der Waals surface area contributed by atoms with Gasteiger partial charge in [-0.25, -0.2) is 0 Å². The van der Waals surface area contributed by atoms with Gasteiger partial charge in [0.05, 0.1) is 13.7 Å². The minimum atomic E-state index is 0. The van der Waals surface area contributed by atoms with Crippen molar-refractivity contribution >= 4 is 18.3 Å². The van der Waals surface area contributed by atoms with Crippen LogP contribution in [0.3, 0.4) is 0 Å². The number of rotatable bonds is 6. The van der Waals surface area contributed by atoms with E-state index in [0.717, 1.165) is 17.7 Å². The largest absolute Gasteiger partial charge is 0.497 e. The van der Waals surface area contributed by atoms with Crippen LogP contribution in [0, 0.1) is 0 Å². The fourth-order valence-electron chi connectivity index (χ4n) is 1.40. The summed E-state index contributed by atoms with van der Waals surface area (Å²) < 4.78 is 5.12. The highest BCUT2D eigenvalue weighted by molar-refractivity contribution is 5.85. The van der Waals surface area contributed by atoms with Crippen molar-refractivity contribution in [3.05, 3.63) is 29.8 Å². The molecule has 1 amide bonds. The van der Waals surface area contributed by atoms with Gasteiger partial charge in [0.1, 0.15) is 5.75 Å². The summed E-state index contributed by atoms with van der Waals surface area (Å²) >= 11 is 0. The molecule has 0 unspecified atom stereocenters. The van der Waals surface area contributed by atoms with Crippen LogP contribution < -0.4 is 15.4 Å². The molecule has 17 heavy (non-hydrogen) atoms. The van der Waals surface area contributed by atoms with Crippen LogP contribution in [0.1, 0.15) is 5.56 Å². The normalized spacial score (nSPS) is 9.29. The maximum absolute atomic E-state index is 11.2. The van der Waals surface area contributed by atoms with Crippen LogP contribution in [0.25, 0.3) is 0 Å². The summed E-state index contributed by atoms with van der Waals surface area (Å²) in [6.45, 7) is 1.01. The lowest BCUT2D eigenvalue weighted by Gasteiger charge is -2.06. The minimum Gasteiger partial charge on any atom is -0.497 e. The molecule has 0 aromatic heterocycles. The van der Waals surface area contributed by atoms with Gasteiger partial charge < -0.3 is 15.4 Å². The van der Waals surface area contributed by atoms with Crippen LogP contribution in [0.5, 0.6) is 5.75 Å². The first kappa shape index (κ1) is 15.7. The molecule has 0 spiro atoms. The van der Waals surface area contributed by atoms with Crippen LogP contribution >= 0.6 is 12.4 Å². The van der Waals surface area contributed by atoms with E-state index >= 15 is 0 Å². The summed E-state index contributed by atoms with van der Waals surface area (Å²) in [6, 6.07) is 7.85. The number of amides is 1. The molecule has 96 valence electrons. The van der Waals surface area contributed by atoms with Crippen LogP contribution in [0.15, 0.2) is 24.3 Å². The zero-order valence-corrected chi connectivity index (χ0v) is 11.0. The molecule has 0 atom stereocenters. The van der Waals surface area contributed by atoms with Gasteiger partial charge in [-0.2, -0.15) is 0 Å². The highest BCUT2D eigenvalue weighted by Crippen LogP contribution is 2.12. The van der Waals surface area contributed by atoms with Crippen LogP contribution in [-0.4, -0.2) is 33.2 Å². The average molecular weight is 259 g/mol. The molecule has 0 bridgehead atoms. The maximum atomic E-state index is 11.2. The third-order valence-electron chi connectivity index (χ3n) is 2.21. The van der Waals surface area contributed by atoms with E-state index in [4.69, 9.17) is 4.74 Å². The standard InChI is InChI=1S/C12H18N2O2.ClH/c1-13-9-12(15)14-7-6-10-4-3-5-11(8-10)16-2;/h3-5,8,13H,6-7,9H2,1-2H3,(H,14,15);1H. The molecule has 0 fully saturated rings. The predicted octanol–water partition coefficient (Wildman–Crippen LogP) is 0.995. The number of methoxy groups -OCH3 is 1. The average Bonchev–Trinajstić information content (AvgIpc) is 2.30. The minimum absolute atomic E-state index is 0. The van der Waals surface area contributed by atoms with Gasteiger partial charge in [0.15, 0.2) is 0 Å². The summed E-state index contributed by atoms with van der Waals surface area (Å²) in [5, 5.41) is 5.63. The Balaban J connectivity index is 0.00000256. The summed E-state index contributed by atoms with van der Waals surface area (Å²) in [7, 11) is 3.40. The Morgan fingerprint density at radius 1 is 1.41 bits per heavy atom. The third kappa shape index (κ3) is 6.14. The Morgan fingerprint density at radius 3 is 2.82 bits per heavy atom. The van der Waals surface area contributed by atoms with Crippen molar-refractivity contribution in [2.24, 2.45) is 0 Å². The molecule has 0 heterocycles. The van der Waals surface area contributed by atoms with Crippen molar-refractivity contribution in [3.63, 3.8) is 0 Å². The smallest absolute Gasteiger partial charge is 0.233 e. The summed E-state index contributed by atoms with van der Waals surface area (Å²) in [6.07, 6.45) is 0.812. The van der Waals surface area contributed by atoms with E-state index in [1.807, 2.05) is 24.3 Å². The van der Waals surface area contributed by atoms with E-state index in [-0.39, 0.29) is 18.3 Å². The van der Waals surface area contributed by atoms with Gasteiger partial charge in [-0.05, 0) is 31.2 Å². The van der Waals surface area contributed by atoms with Crippen LogP contribution in [0.2, 0.25) is 0 Å². The molecule has 2 N–H and O–H groups in total. The van der Waals surface area contributed by atoms with Crippen molar-refractivity contribution < 1.29 is 9.53 Å². The van der Waals surface area contributed by atoms with Crippen molar-refractivity contribution in [2.75, 3.05) is 27.2 Å². The zero-order valence-electron chi connectivity index (χ0n) is 10.2. The number of hydrogen-bond donors (Lipinski definition) is 2. The predicted molar refractivity (Wildman–Crippen MR) is 70.9 cm³/mol. The third-order valence-corrected chi connectivity index (χ3v) is 2.21. The van der Waals surface area contributed by atoms with Gasteiger partial charge in [-0.15, -0.1) is 12.4 Å². The summed E-state index contributed by atoms with van der Waals surface area (Å²) in [5.41, 5.74) is 1.16. The van der Waals surface area contributed by atoms with Gasteiger partial charge >= 0.3 is 0 Å². The van der Waals surface area contributed by atoms with Crippen molar-refractivity contribution in [3.8, 4) is 5.75 Å². The Morgan fingerprint density at radius 2 is 2.18 bits per heavy atom. The molecule has 0 saturated heterocycles. The Bertz CT molecular complexity index is 345. The van der Waals surface area contributed by atoms with E-state index in [1.165, 1.54) is 0 Å². The number of nitrogens with one attached hydrogen (secondary N) is 2. The number of ether oxygens (including phenoxy) is 1. The lowest BCUT2D eigenvalue weighted by molar-refractivity contribution is -0.120. The molecule has 0 aliphatic carbocycles. The zero-order chi connectivity index (χ0) is 11.8. The SMILES string of the molecule is CNCC(=O)NCCc1cccc(OC)c1.Cl. The first-order valence-corrected chi connectivity index (χ1v) is 5.30. The molecule has 5 heteroatoms. The second kappa shape index (κ2) is 8.84. The topological polar surface area (TPSA) is 50.4 Å². The Kier molecular flexibility index (Phi) is 8.19. The first-order chi connectivity index (χ1) is 7.76. The van der Waals surface area contributed by atoms with Gasteiger partial charge in [0.2, 0.25) is 5.91 Å². The second-order valence-electron chi connectivity index (χ2n) is 3.48. The fourth-order valence-corrected chi connectivity index (χ4v) is 1.40. The van der Waals surface area contributed by atoms with Crippen molar-refractivity contribution in [1.29, 1.82) is 0 Å². The number of benzene rings is 1. The van der Waals surface area contributed by atoms with E-state index in [0.29, 0.717) is 13.1 Å². The molecule has 0 aliphatic rings. The maximum Gasteiger partial charge on any atom is 0.233 e. The number of carbonyl (C=O) groups excluding carboxylic acids is 1. The Labute approximate surface area is 108 Å². The van der Waals surface area contributed by atoms with E-state index in [1.54, 1.807) is 14.2 Å². The van der Waals surface area contributed by atoms with Gasteiger partial charge in [-0.1, -0.05) is 12.1 Å². The number of hydrogen-bond acceptors (Lipinski definition) is 3. The van der Waals surface area contributed by atoms with Crippen molar-refractivity contribution in [2.45, 2.75) is 6.42 Å². The highest BCUT2D eigenvalue weighted by Gasteiger charge is 1.99. The van der Waals surface area contributed by atoms with Gasteiger partial charge in [0, 0.05) is 6.54 Å². The summed E-state index contributed by atoms with van der Waals surface area (Å²) in [4.78, 5) is 11.2. The number of halogens is 1. The van der Waals surface area contributed by atoms with Crippen LogP contribution in [0.4, 0.5) is 0 Å². The molecule has 1 aromatic carbocycles. The molecular formula is C12H19ClN2O2. The molecule has 1 aromatic rings. The molecule has 0 aliphatic heterocycles. The van der Waals surface area contributed by atoms with E-state index in [2.05, 4.69) is 10.6 Å². The lowest BCUT2D eigenvalue weighted by atomic mass is 10.1. The van der Waals surface area contributed by atoms with E-state index in [9.17, 15) is 4.79 Å². The molecular weight excluding hydrogens is 240 g/mol. The van der Waals surface area contributed by atoms with Crippen molar-refractivity contribution in [1.82, 2.24) is 10.6 Å². The van der Waals surface area contributed by atoms with E-state index < -0.39 is 0 Å². The number of likely N-dealkylation sites (N-methyl/N-ethyl adjacent to an activating group) is 1. The monoisotopic (exact) mass is 258 g/mol. The molecule has 4 nitrogen and oxygen atoms in total. The summed E-state index contributed by atoms with van der Waals surface area (Å²) in [5.74, 6) is 0.865. The molecule has 0 radical (unpaired) electrons. The molecule has 0 saturated carbocycles.